The van der Waals surface area contributed by atoms with Crippen molar-refractivity contribution in [2.45, 2.75) is 18.8 Å². The first-order chi connectivity index (χ1) is 7.31. The van der Waals surface area contributed by atoms with Crippen molar-refractivity contribution in [1.82, 2.24) is 0 Å². The molecule has 0 aromatic heterocycles. The van der Waals surface area contributed by atoms with E-state index in [9.17, 15) is 0 Å². The molecule has 1 aliphatic rings. The summed E-state index contributed by atoms with van der Waals surface area (Å²) in [5.41, 5.74) is 6.52. The van der Waals surface area contributed by atoms with Crippen LogP contribution in [0.15, 0.2) is 28.7 Å². The molecule has 1 aromatic carbocycles. The van der Waals surface area contributed by atoms with E-state index < -0.39 is 0 Å². The molecule has 0 radical (unpaired) electrons. The van der Waals surface area contributed by atoms with Gasteiger partial charge in [0.15, 0.2) is 6.29 Å². The lowest BCUT2D eigenvalue weighted by Crippen LogP contribution is -2.15. The standard InChI is InChI=1S/C11H14BrNO2/c12-10-4-2-1-3-9(10)11-14-7-8(15-11)5-6-13/h1-4,8,11H,5-7,13H2. The summed E-state index contributed by atoms with van der Waals surface area (Å²) in [5, 5.41) is 0. The first-order valence-corrected chi connectivity index (χ1v) is 5.82. The van der Waals surface area contributed by atoms with Crippen LogP contribution >= 0.6 is 15.9 Å². The Morgan fingerprint density at radius 3 is 2.93 bits per heavy atom. The van der Waals surface area contributed by atoms with Crippen LogP contribution in [0.3, 0.4) is 0 Å². The lowest BCUT2D eigenvalue weighted by Gasteiger charge is -2.12. The Kier molecular flexibility index (Phi) is 3.75. The SMILES string of the molecule is NCCC1COC(c2ccccc2Br)O1. The second kappa shape index (κ2) is 5.07. The van der Waals surface area contributed by atoms with E-state index in [4.69, 9.17) is 15.2 Å². The number of benzene rings is 1. The number of nitrogens with two attached hydrogens (primary N) is 1. The van der Waals surface area contributed by atoms with Gasteiger partial charge in [-0.15, -0.1) is 0 Å². The lowest BCUT2D eigenvalue weighted by molar-refractivity contribution is -0.0612. The summed E-state index contributed by atoms with van der Waals surface area (Å²) in [4.78, 5) is 0. The molecule has 2 atom stereocenters. The van der Waals surface area contributed by atoms with Crippen molar-refractivity contribution >= 4 is 15.9 Å². The van der Waals surface area contributed by atoms with Crippen LogP contribution in [0, 0.1) is 0 Å². The van der Waals surface area contributed by atoms with Crippen molar-refractivity contribution in [3.63, 3.8) is 0 Å². The van der Waals surface area contributed by atoms with E-state index in [1.54, 1.807) is 0 Å². The molecule has 0 aliphatic carbocycles. The van der Waals surface area contributed by atoms with E-state index in [-0.39, 0.29) is 12.4 Å². The van der Waals surface area contributed by atoms with Crippen LogP contribution in [-0.4, -0.2) is 19.3 Å². The number of ether oxygens (including phenoxy) is 2. The molecule has 82 valence electrons. The van der Waals surface area contributed by atoms with E-state index in [1.807, 2.05) is 24.3 Å². The van der Waals surface area contributed by atoms with Gasteiger partial charge in [-0.3, -0.25) is 0 Å². The molecule has 1 fully saturated rings. The fraction of sp³-hybridized carbons (Fsp3) is 0.455. The van der Waals surface area contributed by atoms with Gasteiger partial charge in [0.1, 0.15) is 0 Å². The maximum atomic E-state index is 5.74. The van der Waals surface area contributed by atoms with Crippen LogP contribution < -0.4 is 5.73 Å². The second-order valence-corrected chi connectivity index (χ2v) is 4.38. The molecule has 1 aromatic rings. The summed E-state index contributed by atoms with van der Waals surface area (Å²) in [6, 6.07) is 7.93. The summed E-state index contributed by atoms with van der Waals surface area (Å²) in [5.74, 6) is 0. The maximum Gasteiger partial charge on any atom is 0.185 e. The molecule has 2 rings (SSSR count). The van der Waals surface area contributed by atoms with Crippen LogP contribution in [0.25, 0.3) is 0 Å². The first kappa shape index (κ1) is 11.1. The van der Waals surface area contributed by atoms with Crippen molar-refractivity contribution in [3.05, 3.63) is 34.3 Å². The molecule has 1 saturated heterocycles. The van der Waals surface area contributed by atoms with Crippen molar-refractivity contribution in [3.8, 4) is 0 Å². The average Bonchev–Trinajstić information content (AvgIpc) is 2.68. The van der Waals surface area contributed by atoms with Gasteiger partial charge in [-0.25, -0.2) is 0 Å². The summed E-state index contributed by atoms with van der Waals surface area (Å²) in [7, 11) is 0. The molecule has 15 heavy (non-hydrogen) atoms. The first-order valence-electron chi connectivity index (χ1n) is 5.03. The predicted molar refractivity (Wildman–Crippen MR) is 61.4 cm³/mol. The zero-order chi connectivity index (χ0) is 10.7. The highest BCUT2D eigenvalue weighted by atomic mass is 79.9. The van der Waals surface area contributed by atoms with Gasteiger partial charge in [0.2, 0.25) is 0 Å². The van der Waals surface area contributed by atoms with E-state index in [0.29, 0.717) is 13.2 Å². The summed E-state index contributed by atoms with van der Waals surface area (Å²) in [6.45, 7) is 1.26. The number of hydrogen-bond acceptors (Lipinski definition) is 3. The van der Waals surface area contributed by atoms with Crippen molar-refractivity contribution in [2.75, 3.05) is 13.2 Å². The summed E-state index contributed by atoms with van der Waals surface area (Å²) >= 11 is 3.48. The molecule has 2 N–H and O–H groups in total. The van der Waals surface area contributed by atoms with Gasteiger partial charge in [0.25, 0.3) is 0 Å². The van der Waals surface area contributed by atoms with Crippen molar-refractivity contribution in [1.29, 1.82) is 0 Å². The average molecular weight is 272 g/mol. The minimum Gasteiger partial charge on any atom is -0.346 e. The molecule has 0 bridgehead atoms. The normalized spacial score (nSPS) is 25.7. The van der Waals surface area contributed by atoms with Crippen molar-refractivity contribution < 1.29 is 9.47 Å². The monoisotopic (exact) mass is 271 g/mol. The zero-order valence-corrected chi connectivity index (χ0v) is 9.94. The van der Waals surface area contributed by atoms with Gasteiger partial charge in [0.05, 0.1) is 12.7 Å². The molecule has 0 saturated carbocycles. The fourth-order valence-electron chi connectivity index (χ4n) is 1.61. The third-order valence-electron chi connectivity index (χ3n) is 2.40. The Bertz CT molecular complexity index is 332. The molecular weight excluding hydrogens is 258 g/mol. The van der Waals surface area contributed by atoms with Crippen LogP contribution in [0.4, 0.5) is 0 Å². The van der Waals surface area contributed by atoms with E-state index in [2.05, 4.69) is 15.9 Å². The highest BCUT2D eigenvalue weighted by Gasteiger charge is 2.27. The molecule has 0 spiro atoms. The van der Waals surface area contributed by atoms with Crippen molar-refractivity contribution in [2.24, 2.45) is 5.73 Å². The van der Waals surface area contributed by atoms with Crippen LogP contribution in [0.2, 0.25) is 0 Å². The molecule has 0 amide bonds. The zero-order valence-electron chi connectivity index (χ0n) is 8.36. The molecule has 1 aliphatic heterocycles. The van der Waals surface area contributed by atoms with Gasteiger partial charge in [-0.05, 0) is 19.0 Å². The van der Waals surface area contributed by atoms with E-state index in [0.717, 1.165) is 16.5 Å². The Hall–Kier alpha value is -0.420. The van der Waals surface area contributed by atoms with Gasteiger partial charge >= 0.3 is 0 Å². The number of halogens is 1. The Balaban J connectivity index is 2.04. The highest BCUT2D eigenvalue weighted by Crippen LogP contribution is 2.32. The molecule has 2 unspecified atom stereocenters. The Labute approximate surface area is 97.7 Å². The third-order valence-corrected chi connectivity index (χ3v) is 3.12. The second-order valence-electron chi connectivity index (χ2n) is 3.52. The summed E-state index contributed by atoms with van der Waals surface area (Å²) < 4.78 is 12.3. The highest BCUT2D eigenvalue weighted by molar-refractivity contribution is 9.10. The van der Waals surface area contributed by atoms with Crippen LogP contribution in [0.5, 0.6) is 0 Å². The fourth-order valence-corrected chi connectivity index (χ4v) is 2.09. The third kappa shape index (κ3) is 2.58. The van der Waals surface area contributed by atoms with E-state index in [1.165, 1.54) is 0 Å². The molecule has 3 nitrogen and oxygen atoms in total. The number of rotatable bonds is 3. The quantitative estimate of drug-likeness (QED) is 0.917. The van der Waals surface area contributed by atoms with E-state index >= 15 is 0 Å². The van der Waals surface area contributed by atoms with Gasteiger partial charge in [0, 0.05) is 10.0 Å². The van der Waals surface area contributed by atoms with Gasteiger partial charge < -0.3 is 15.2 Å². The minimum atomic E-state index is -0.253. The Morgan fingerprint density at radius 2 is 2.20 bits per heavy atom. The Morgan fingerprint density at radius 1 is 1.40 bits per heavy atom. The van der Waals surface area contributed by atoms with Crippen LogP contribution in [0.1, 0.15) is 18.3 Å². The topological polar surface area (TPSA) is 44.5 Å². The maximum absolute atomic E-state index is 5.74. The summed E-state index contributed by atoms with van der Waals surface area (Å²) in [6.07, 6.45) is 0.727. The minimum absolute atomic E-state index is 0.132. The van der Waals surface area contributed by atoms with Gasteiger partial charge in [-0.1, -0.05) is 34.1 Å². The largest absolute Gasteiger partial charge is 0.346 e. The molecule has 4 heteroatoms. The lowest BCUT2D eigenvalue weighted by atomic mass is 10.2. The van der Waals surface area contributed by atoms with Gasteiger partial charge in [-0.2, -0.15) is 0 Å². The molecule has 1 heterocycles. The van der Waals surface area contributed by atoms with Crippen LogP contribution in [-0.2, 0) is 9.47 Å². The predicted octanol–water partition coefficient (Wildman–Crippen LogP) is 2.21. The smallest absolute Gasteiger partial charge is 0.185 e. The number of hydrogen-bond donors (Lipinski definition) is 1. The molecular formula is C11H14BrNO2.